The SMILES string of the molecule is CCCCCCCCCCCCCCC[C@@H](OP(=O)(OCCC#N)OCCC#N)[C@H](COP(=O)(OCCC#N)OCCC#N)NC(=O)OC(C)(C)C. The Labute approximate surface area is 311 Å². The molecule has 0 saturated carbocycles. The van der Waals surface area contributed by atoms with Crippen LogP contribution in [0.4, 0.5) is 4.79 Å². The van der Waals surface area contributed by atoms with Crippen molar-refractivity contribution < 1.29 is 45.8 Å². The number of alkyl carbamates (subject to hydrolysis) is 1. The standard InChI is InChI=1S/C35H61N5O10P2/c1-5-6-7-8-9-10-11-12-13-14-15-16-17-22-33(50-52(43,46-29-20-25-38)47-30-21-26-39)32(40-34(41)49-35(2,3)4)31-48-51(42,44-27-18-23-36)45-28-19-24-37/h32-33H,5-22,27-31H2,1-4H3,(H,40,41)/t32-,33+/m0/s1. The highest BCUT2D eigenvalue weighted by Gasteiger charge is 2.38. The maximum Gasteiger partial charge on any atom is 0.475 e. The summed E-state index contributed by atoms with van der Waals surface area (Å²) >= 11 is 0. The van der Waals surface area contributed by atoms with E-state index in [0.29, 0.717) is 6.42 Å². The number of rotatable bonds is 33. The number of carbonyl (C=O) groups excluding carboxylic acids is 1. The molecule has 1 amide bonds. The van der Waals surface area contributed by atoms with Gasteiger partial charge < -0.3 is 10.1 Å². The van der Waals surface area contributed by atoms with E-state index in [9.17, 15) is 13.9 Å². The second kappa shape index (κ2) is 30.9. The minimum atomic E-state index is -4.42. The van der Waals surface area contributed by atoms with Crippen molar-refractivity contribution in [3.05, 3.63) is 0 Å². The molecule has 2 atom stereocenters. The zero-order valence-electron chi connectivity index (χ0n) is 31.7. The Kier molecular flexibility index (Phi) is 29.4. The van der Waals surface area contributed by atoms with Gasteiger partial charge in [-0.1, -0.05) is 90.4 Å². The number of unbranched alkanes of at least 4 members (excludes halogenated alkanes) is 12. The van der Waals surface area contributed by atoms with Crippen LogP contribution in [0.2, 0.25) is 0 Å². The van der Waals surface area contributed by atoms with E-state index in [0.717, 1.165) is 25.7 Å². The summed E-state index contributed by atoms with van der Waals surface area (Å²) in [6.07, 6.45) is 12.2. The molecule has 17 heteroatoms. The second-order valence-electron chi connectivity index (χ2n) is 13.1. The van der Waals surface area contributed by atoms with E-state index in [1.807, 2.05) is 24.3 Å². The number of nitriles is 4. The maximum absolute atomic E-state index is 13.8. The highest BCUT2D eigenvalue weighted by molar-refractivity contribution is 7.48. The molecular weight excluding hydrogens is 712 g/mol. The van der Waals surface area contributed by atoms with Gasteiger partial charge in [0.15, 0.2) is 0 Å². The lowest BCUT2D eigenvalue weighted by atomic mass is 10.0. The van der Waals surface area contributed by atoms with Gasteiger partial charge in [-0.25, -0.2) is 13.9 Å². The molecule has 0 aliphatic rings. The number of nitrogens with one attached hydrogen (secondary N) is 1. The Balaban J connectivity index is 6.03. The first-order valence-corrected chi connectivity index (χ1v) is 21.4. The molecule has 0 bridgehead atoms. The van der Waals surface area contributed by atoms with E-state index in [1.54, 1.807) is 20.8 Å². The molecule has 0 spiro atoms. The lowest BCUT2D eigenvalue weighted by Gasteiger charge is -2.32. The van der Waals surface area contributed by atoms with E-state index in [4.69, 9.17) is 52.9 Å². The predicted octanol–water partition coefficient (Wildman–Crippen LogP) is 9.70. The minimum absolute atomic E-state index is 0.121. The summed E-state index contributed by atoms with van der Waals surface area (Å²) in [5.74, 6) is 0. The Morgan fingerprint density at radius 1 is 0.615 bits per heavy atom. The molecule has 0 radical (unpaired) electrons. The van der Waals surface area contributed by atoms with Crippen molar-refractivity contribution in [1.82, 2.24) is 5.32 Å². The molecule has 0 saturated heterocycles. The van der Waals surface area contributed by atoms with E-state index in [1.165, 1.54) is 51.4 Å². The van der Waals surface area contributed by atoms with Gasteiger partial charge >= 0.3 is 21.7 Å². The molecule has 0 aromatic carbocycles. The molecular formula is C35H61N5O10P2. The van der Waals surface area contributed by atoms with Gasteiger partial charge in [-0.15, -0.1) is 0 Å². The summed E-state index contributed by atoms with van der Waals surface area (Å²) in [7, 11) is -8.79. The van der Waals surface area contributed by atoms with Crippen LogP contribution in [-0.2, 0) is 41.0 Å². The number of nitrogens with zero attached hydrogens (tertiary/aromatic N) is 4. The summed E-state index contributed by atoms with van der Waals surface area (Å²) < 4.78 is 65.7. The molecule has 0 aliphatic heterocycles. The number of ether oxygens (including phenoxy) is 1. The Hall–Kier alpha value is -2.55. The molecule has 0 unspecified atom stereocenters. The normalized spacial score (nSPS) is 12.9. The summed E-state index contributed by atoms with van der Waals surface area (Å²) in [4.78, 5) is 13.0. The number of phosphoric ester groups is 2. The van der Waals surface area contributed by atoms with Crippen LogP contribution in [0, 0.1) is 45.3 Å². The van der Waals surface area contributed by atoms with Gasteiger partial charge in [0.2, 0.25) is 0 Å². The zero-order valence-corrected chi connectivity index (χ0v) is 33.5. The van der Waals surface area contributed by atoms with Crippen LogP contribution in [-0.4, -0.2) is 56.9 Å². The molecule has 0 rings (SSSR count). The molecule has 0 fully saturated rings. The molecule has 0 aromatic heterocycles. The van der Waals surface area contributed by atoms with E-state index >= 15 is 0 Å². The molecule has 0 heterocycles. The van der Waals surface area contributed by atoms with Crippen LogP contribution in [0.1, 0.15) is 143 Å². The van der Waals surface area contributed by atoms with Crippen LogP contribution < -0.4 is 5.32 Å². The van der Waals surface area contributed by atoms with E-state index in [2.05, 4.69) is 12.2 Å². The Morgan fingerprint density at radius 2 is 1.00 bits per heavy atom. The minimum Gasteiger partial charge on any atom is -0.444 e. The fourth-order valence-electron chi connectivity index (χ4n) is 4.75. The summed E-state index contributed by atoms with van der Waals surface area (Å²) in [5.41, 5.74) is -0.896. The lowest BCUT2D eigenvalue weighted by molar-refractivity contribution is 0.0198. The first-order chi connectivity index (χ1) is 24.9. The lowest BCUT2D eigenvalue weighted by Crippen LogP contribution is -2.48. The molecule has 0 aromatic rings. The van der Waals surface area contributed by atoms with E-state index in [-0.39, 0.29) is 58.5 Å². The third kappa shape index (κ3) is 28.0. The zero-order chi connectivity index (χ0) is 39.0. The van der Waals surface area contributed by atoms with Crippen molar-refractivity contribution in [2.45, 2.75) is 161 Å². The average Bonchev–Trinajstić information content (AvgIpc) is 3.08. The van der Waals surface area contributed by atoms with Crippen LogP contribution in [0.25, 0.3) is 0 Å². The molecule has 15 nitrogen and oxygen atoms in total. The molecule has 52 heavy (non-hydrogen) atoms. The Morgan fingerprint density at radius 3 is 1.38 bits per heavy atom. The van der Waals surface area contributed by atoms with Gasteiger partial charge in [-0.3, -0.25) is 27.1 Å². The smallest absolute Gasteiger partial charge is 0.444 e. The summed E-state index contributed by atoms with van der Waals surface area (Å²) in [6, 6.07) is 6.31. The third-order valence-corrected chi connectivity index (χ3v) is 10.3. The van der Waals surface area contributed by atoms with Gasteiger partial charge in [0.25, 0.3) is 0 Å². The third-order valence-electron chi connectivity index (χ3n) is 7.27. The fraction of sp³-hybridized carbons (Fsp3) is 0.857. The average molecular weight is 774 g/mol. The monoisotopic (exact) mass is 773 g/mol. The fourth-order valence-corrected chi connectivity index (χ4v) is 7.36. The van der Waals surface area contributed by atoms with Gasteiger partial charge in [-0.2, -0.15) is 21.0 Å². The summed E-state index contributed by atoms with van der Waals surface area (Å²) in [5, 5.41) is 38.6. The number of carbonyl (C=O) groups is 1. The van der Waals surface area contributed by atoms with Crippen LogP contribution in [0.3, 0.4) is 0 Å². The van der Waals surface area contributed by atoms with Crippen molar-refractivity contribution >= 4 is 21.7 Å². The van der Waals surface area contributed by atoms with Gasteiger partial charge in [0.05, 0.1) is 95.1 Å². The topological polar surface area (TPSA) is 223 Å². The van der Waals surface area contributed by atoms with Crippen molar-refractivity contribution in [2.24, 2.45) is 0 Å². The second-order valence-corrected chi connectivity index (χ2v) is 16.4. The van der Waals surface area contributed by atoms with E-state index < -0.39 is 46.1 Å². The molecule has 296 valence electrons. The van der Waals surface area contributed by atoms with Crippen molar-refractivity contribution in [3.8, 4) is 24.3 Å². The first-order valence-electron chi connectivity index (χ1n) is 18.5. The highest BCUT2D eigenvalue weighted by atomic mass is 31.2. The maximum atomic E-state index is 13.8. The number of hydrogen-bond acceptors (Lipinski definition) is 14. The van der Waals surface area contributed by atoms with Crippen molar-refractivity contribution in [3.63, 3.8) is 0 Å². The quantitative estimate of drug-likeness (QED) is 0.0484. The molecule has 0 aliphatic carbocycles. The van der Waals surface area contributed by atoms with Gasteiger partial charge in [0, 0.05) is 0 Å². The number of hydrogen-bond donors (Lipinski definition) is 1. The van der Waals surface area contributed by atoms with Crippen LogP contribution in [0.5, 0.6) is 0 Å². The Bertz CT molecular complexity index is 1170. The van der Waals surface area contributed by atoms with Crippen LogP contribution in [0.15, 0.2) is 0 Å². The largest absolute Gasteiger partial charge is 0.475 e. The van der Waals surface area contributed by atoms with Crippen LogP contribution >= 0.6 is 15.6 Å². The summed E-state index contributed by atoms with van der Waals surface area (Å²) in [6.45, 7) is 5.49. The van der Waals surface area contributed by atoms with Gasteiger partial charge in [-0.05, 0) is 27.2 Å². The van der Waals surface area contributed by atoms with Gasteiger partial charge in [0.1, 0.15) is 5.60 Å². The van der Waals surface area contributed by atoms with Crippen molar-refractivity contribution in [1.29, 1.82) is 21.0 Å². The predicted molar refractivity (Wildman–Crippen MR) is 194 cm³/mol. The van der Waals surface area contributed by atoms with Crippen molar-refractivity contribution in [2.75, 3.05) is 33.0 Å². The molecule has 1 N–H and O–H groups in total. The number of amides is 1. The first kappa shape index (κ1) is 49.5. The number of phosphoric acid groups is 2. The highest BCUT2D eigenvalue weighted by Crippen LogP contribution is 2.53.